The molecule has 2 heteroatoms. The summed E-state index contributed by atoms with van der Waals surface area (Å²) in [6.45, 7) is 26.8. The van der Waals surface area contributed by atoms with Crippen LogP contribution in [0.25, 0.3) is 0 Å². The minimum atomic E-state index is -1.72. The van der Waals surface area contributed by atoms with Crippen LogP contribution in [0.4, 0.5) is 0 Å². The molecule has 0 aromatic heterocycles. The van der Waals surface area contributed by atoms with Gasteiger partial charge in [-0.05, 0) is 109 Å². The normalized spacial score (nSPS) is 38.8. The van der Waals surface area contributed by atoms with Crippen molar-refractivity contribution in [2.45, 2.75) is 131 Å². The van der Waals surface area contributed by atoms with Gasteiger partial charge in [0.1, 0.15) is 0 Å². The summed E-state index contributed by atoms with van der Waals surface area (Å²) in [5, 5.41) is 0.285. The van der Waals surface area contributed by atoms with Crippen LogP contribution in [0, 0.1) is 46.3 Å². The Morgan fingerprint density at radius 3 is 2.25 bits per heavy atom. The summed E-state index contributed by atoms with van der Waals surface area (Å²) in [5.74, 6) is 4.46. The highest BCUT2D eigenvalue weighted by molar-refractivity contribution is 6.74. The first-order valence-corrected chi connectivity index (χ1v) is 18.3. The van der Waals surface area contributed by atoms with E-state index in [0.717, 1.165) is 30.1 Å². The van der Waals surface area contributed by atoms with Crippen LogP contribution in [0.2, 0.25) is 18.1 Å². The highest BCUT2D eigenvalue weighted by atomic mass is 28.4. The Kier molecular flexibility index (Phi) is 7.78. The maximum Gasteiger partial charge on any atom is 0.192 e. The van der Waals surface area contributed by atoms with E-state index in [1.165, 1.54) is 38.5 Å². The number of rotatable bonds is 6. The summed E-state index contributed by atoms with van der Waals surface area (Å²) in [7, 11) is -1.72. The summed E-state index contributed by atoms with van der Waals surface area (Å²) in [6, 6.07) is 0. The minimum Gasteiger partial charge on any atom is -0.414 e. The number of fused-ring (bicyclic) bond motifs is 5. The van der Waals surface area contributed by atoms with Crippen LogP contribution in [0.1, 0.15) is 107 Å². The predicted molar refractivity (Wildman–Crippen MR) is 160 cm³/mol. The van der Waals surface area contributed by atoms with Crippen molar-refractivity contribution >= 4 is 8.32 Å². The van der Waals surface area contributed by atoms with E-state index in [1.807, 2.05) is 5.57 Å². The van der Waals surface area contributed by atoms with Crippen molar-refractivity contribution in [3.8, 4) is 0 Å². The first-order valence-electron chi connectivity index (χ1n) is 15.4. The third-order valence-corrected chi connectivity index (χ3v) is 16.8. The molecular weight excluding hydrogens is 452 g/mol. The fraction of sp³-hybridized carbons (Fsp3) is 0.824. The smallest absolute Gasteiger partial charge is 0.192 e. The Morgan fingerprint density at radius 1 is 0.917 bits per heavy atom. The Balaban J connectivity index is 1.52. The van der Waals surface area contributed by atoms with Gasteiger partial charge in [0.05, 0.1) is 0 Å². The zero-order chi connectivity index (χ0) is 26.7. The van der Waals surface area contributed by atoms with E-state index < -0.39 is 8.32 Å². The van der Waals surface area contributed by atoms with Crippen molar-refractivity contribution in [1.29, 1.82) is 0 Å². The molecule has 0 heterocycles. The van der Waals surface area contributed by atoms with E-state index in [4.69, 9.17) is 4.43 Å². The lowest BCUT2D eigenvalue weighted by molar-refractivity contribution is 0.0405. The SMILES string of the molecule is CC(C)[C@@H](C)/C=C/[C@@H](C)[C@@H]1CC[C@H]2C3=CC=C4C[C@@H](O[Si](C)(C)C(C)(C)C)CC[C@]4(C)[C@@H]3CC[C@@]21C. The molecule has 0 aromatic rings. The standard InChI is InChI=1S/C34H58OSi/c1-23(2)24(3)12-13-25(4)29-16-17-30-28-15-14-26-22-27(35-36(10,11)32(5,6)7)18-20-33(26,8)31(28)19-21-34(29,30)9/h12-15,23-25,27,29-31H,16-22H2,1-11H3/b13-12+/t24-,25+,27-,29-,30-,31+,33-,34+/m0/s1. The van der Waals surface area contributed by atoms with E-state index in [1.54, 1.807) is 5.57 Å². The van der Waals surface area contributed by atoms with Gasteiger partial charge in [-0.2, -0.15) is 0 Å². The lowest BCUT2D eigenvalue weighted by Crippen LogP contribution is -2.49. The summed E-state index contributed by atoms with van der Waals surface area (Å²) < 4.78 is 6.92. The number of allylic oxidation sites excluding steroid dienone is 5. The zero-order valence-electron chi connectivity index (χ0n) is 25.7. The predicted octanol–water partition coefficient (Wildman–Crippen LogP) is 10.4. The Labute approximate surface area is 225 Å². The average molecular weight is 511 g/mol. The second kappa shape index (κ2) is 9.85. The van der Waals surface area contributed by atoms with Gasteiger partial charge in [-0.25, -0.2) is 0 Å². The summed E-state index contributed by atoms with van der Waals surface area (Å²) >= 11 is 0. The van der Waals surface area contributed by atoms with E-state index in [0.29, 0.717) is 28.8 Å². The Bertz CT molecular complexity index is 901. The lowest BCUT2D eigenvalue weighted by atomic mass is 9.50. The molecule has 36 heavy (non-hydrogen) atoms. The molecule has 0 aromatic carbocycles. The molecule has 204 valence electrons. The van der Waals surface area contributed by atoms with Gasteiger partial charge < -0.3 is 4.43 Å². The molecule has 3 fully saturated rings. The third-order valence-electron chi connectivity index (χ3n) is 12.3. The molecule has 0 aliphatic heterocycles. The molecule has 0 unspecified atom stereocenters. The largest absolute Gasteiger partial charge is 0.414 e. The van der Waals surface area contributed by atoms with Crippen LogP contribution in [0.15, 0.2) is 35.5 Å². The van der Waals surface area contributed by atoms with E-state index in [-0.39, 0.29) is 5.04 Å². The van der Waals surface area contributed by atoms with Crippen molar-refractivity contribution in [2.24, 2.45) is 46.3 Å². The second-order valence-electron chi connectivity index (χ2n) is 15.7. The van der Waals surface area contributed by atoms with Gasteiger partial charge >= 0.3 is 0 Å². The van der Waals surface area contributed by atoms with Crippen LogP contribution in [0.5, 0.6) is 0 Å². The fourth-order valence-corrected chi connectivity index (χ4v) is 9.66. The van der Waals surface area contributed by atoms with E-state index >= 15 is 0 Å². The molecular formula is C34H58OSi. The minimum absolute atomic E-state index is 0.285. The van der Waals surface area contributed by atoms with Crippen molar-refractivity contribution in [1.82, 2.24) is 0 Å². The summed E-state index contributed by atoms with van der Waals surface area (Å²) in [6.07, 6.45) is 20.0. The Morgan fingerprint density at radius 2 is 1.61 bits per heavy atom. The molecule has 0 radical (unpaired) electrons. The van der Waals surface area contributed by atoms with Crippen LogP contribution < -0.4 is 0 Å². The van der Waals surface area contributed by atoms with Crippen molar-refractivity contribution in [3.05, 3.63) is 35.5 Å². The van der Waals surface area contributed by atoms with Gasteiger partial charge in [0.15, 0.2) is 8.32 Å². The average Bonchev–Trinajstić information content (AvgIpc) is 3.13. The van der Waals surface area contributed by atoms with E-state index in [9.17, 15) is 0 Å². The highest BCUT2D eigenvalue weighted by Gasteiger charge is 2.57. The highest BCUT2D eigenvalue weighted by Crippen LogP contribution is 2.66. The van der Waals surface area contributed by atoms with Crippen molar-refractivity contribution < 1.29 is 4.43 Å². The van der Waals surface area contributed by atoms with Crippen molar-refractivity contribution in [3.63, 3.8) is 0 Å². The molecule has 4 rings (SSSR count). The van der Waals surface area contributed by atoms with Gasteiger partial charge in [-0.3, -0.25) is 0 Å². The second-order valence-corrected chi connectivity index (χ2v) is 20.5. The van der Waals surface area contributed by atoms with Crippen LogP contribution in [-0.4, -0.2) is 14.4 Å². The maximum absolute atomic E-state index is 6.92. The first kappa shape index (κ1) is 28.4. The molecule has 0 bridgehead atoms. The van der Waals surface area contributed by atoms with Crippen LogP contribution in [-0.2, 0) is 4.43 Å². The molecule has 4 aliphatic carbocycles. The molecule has 4 aliphatic rings. The molecule has 1 nitrogen and oxygen atoms in total. The Hall–Kier alpha value is -0.603. The molecule has 0 N–H and O–H groups in total. The first-order chi connectivity index (χ1) is 16.6. The fourth-order valence-electron chi connectivity index (χ4n) is 8.27. The van der Waals surface area contributed by atoms with Gasteiger partial charge in [0, 0.05) is 6.10 Å². The zero-order valence-corrected chi connectivity index (χ0v) is 26.7. The van der Waals surface area contributed by atoms with Gasteiger partial charge in [0.25, 0.3) is 0 Å². The van der Waals surface area contributed by atoms with Gasteiger partial charge in [0.2, 0.25) is 0 Å². The quantitative estimate of drug-likeness (QED) is 0.255. The number of hydrogen-bond acceptors (Lipinski definition) is 1. The molecule has 0 amide bonds. The lowest BCUT2D eigenvalue weighted by Gasteiger charge is -2.55. The van der Waals surface area contributed by atoms with Crippen LogP contribution >= 0.6 is 0 Å². The summed E-state index contributed by atoms with van der Waals surface area (Å²) in [4.78, 5) is 0. The number of hydrogen-bond donors (Lipinski definition) is 0. The maximum atomic E-state index is 6.92. The molecule has 3 saturated carbocycles. The van der Waals surface area contributed by atoms with Gasteiger partial charge in [-0.1, -0.05) is 97.8 Å². The molecule has 0 spiro atoms. The van der Waals surface area contributed by atoms with Crippen LogP contribution in [0.3, 0.4) is 0 Å². The monoisotopic (exact) mass is 510 g/mol. The van der Waals surface area contributed by atoms with E-state index in [2.05, 4.69) is 99.7 Å². The summed E-state index contributed by atoms with van der Waals surface area (Å²) in [5.41, 5.74) is 4.35. The topological polar surface area (TPSA) is 9.23 Å². The molecule has 0 saturated heterocycles. The third kappa shape index (κ3) is 4.92. The van der Waals surface area contributed by atoms with Gasteiger partial charge in [-0.15, -0.1) is 0 Å². The van der Waals surface area contributed by atoms with Crippen molar-refractivity contribution in [2.75, 3.05) is 0 Å². The molecule has 8 atom stereocenters.